The topological polar surface area (TPSA) is 125 Å². The normalized spacial score (nSPS) is 11.1. The molecule has 3 amide bonds. The maximum absolute atomic E-state index is 11.7. The molecule has 0 aliphatic carbocycles. The Morgan fingerprint density at radius 3 is 2.14 bits per heavy atom. The van der Waals surface area contributed by atoms with Gasteiger partial charge in [-0.15, -0.1) is 0 Å². The van der Waals surface area contributed by atoms with Gasteiger partial charge in [-0.25, -0.2) is 4.79 Å². The summed E-state index contributed by atoms with van der Waals surface area (Å²) in [6, 6.07) is 7.01. The summed E-state index contributed by atoms with van der Waals surface area (Å²) in [5.41, 5.74) is 0.424. The zero-order chi connectivity index (χ0) is 16.5. The van der Waals surface area contributed by atoms with Crippen LogP contribution in [0.2, 0.25) is 0 Å². The van der Waals surface area contributed by atoms with E-state index in [0.717, 1.165) is 0 Å². The third kappa shape index (κ3) is 6.04. The highest BCUT2D eigenvalue weighted by Gasteiger charge is 2.21. The van der Waals surface area contributed by atoms with E-state index in [1.54, 1.807) is 30.3 Å². The molecule has 0 aromatic heterocycles. The van der Waals surface area contributed by atoms with Crippen LogP contribution in [0.25, 0.3) is 0 Å². The third-order valence-electron chi connectivity index (χ3n) is 2.63. The van der Waals surface area contributed by atoms with E-state index in [4.69, 9.17) is 5.11 Å². The molecule has 0 aliphatic rings. The van der Waals surface area contributed by atoms with Crippen LogP contribution >= 0.6 is 0 Å². The highest BCUT2D eigenvalue weighted by Crippen LogP contribution is 2.12. The number of rotatable bonds is 7. The lowest BCUT2D eigenvalue weighted by Gasteiger charge is -2.15. The van der Waals surface area contributed by atoms with Gasteiger partial charge in [0.1, 0.15) is 0 Å². The highest BCUT2D eigenvalue weighted by atomic mass is 16.4. The Kier molecular flexibility index (Phi) is 6.55. The lowest BCUT2D eigenvalue weighted by Crippen LogP contribution is -2.43. The van der Waals surface area contributed by atoms with Gasteiger partial charge in [0, 0.05) is 6.92 Å². The Morgan fingerprint density at radius 2 is 1.59 bits per heavy atom. The van der Waals surface area contributed by atoms with Crippen molar-refractivity contribution in [1.82, 2.24) is 16.0 Å². The molecule has 8 nitrogen and oxygen atoms in total. The van der Waals surface area contributed by atoms with Gasteiger partial charge in [-0.2, -0.15) is 0 Å². The first-order chi connectivity index (χ1) is 10.4. The number of benzene rings is 1. The van der Waals surface area contributed by atoms with Crippen molar-refractivity contribution in [2.24, 2.45) is 0 Å². The monoisotopic (exact) mass is 307 g/mol. The number of nitrogens with one attached hydrogen (secondary N) is 3. The minimum Gasteiger partial charge on any atom is -0.479 e. The number of carbonyl (C=O) groups excluding carboxylic acids is 3. The molecular formula is C14H17N3O5. The quantitative estimate of drug-likeness (QED) is 0.524. The fourth-order valence-electron chi connectivity index (χ4n) is 1.59. The maximum atomic E-state index is 11.7. The highest BCUT2D eigenvalue weighted by molar-refractivity contribution is 5.89. The van der Waals surface area contributed by atoms with Crippen LogP contribution in [-0.4, -0.2) is 41.9 Å². The third-order valence-corrected chi connectivity index (χ3v) is 2.63. The van der Waals surface area contributed by atoms with Gasteiger partial charge in [-0.1, -0.05) is 30.3 Å². The second kappa shape index (κ2) is 8.40. The fourth-order valence-corrected chi connectivity index (χ4v) is 1.59. The average Bonchev–Trinajstić information content (AvgIpc) is 2.49. The zero-order valence-electron chi connectivity index (χ0n) is 12.0. The largest absolute Gasteiger partial charge is 0.479 e. The van der Waals surface area contributed by atoms with Gasteiger partial charge in [0.15, 0.2) is 6.04 Å². The number of hydrogen-bond donors (Lipinski definition) is 4. The molecule has 1 aromatic carbocycles. The summed E-state index contributed by atoms with van der Waals surface area (Å²) in [5.74, 6) is -2.76. The summed E-state index contributed by atoms with van der Waals surface area (Å²) in [6.07, 6.45) is 0. The van der Waals surface area contributed by atoms with Crippen molar-refractivity contribution in [3.05, 3.63) is 35.9 Å². The van der Waals surface area contributed by atoms with Gasteiger partial charge in [0.2, 0.25) is 17.7 Å². The van der Waals surface area contributed by atoms with Crippen molar-refractivity contribution in [3.8, 4) is 0 Å². The second-order valence-electron chi connectivity index (χ2n) is 4.44. The number of carbonyl (C=O) groups is 4. The maximum Gasteiger partial charge on any atom is 0.330 e. The molecule has 1 aromatic rings. The SMILES string of the molecule is CC(=O)NCC(=O)NCC(=O)NC(C(=O)O)c1ccccc1. The van der Waals surface area contributed by atoms with E-state index in [0.29, 0.717) is 5.56 Å². The summed E-state index contributed by atoms with van der Waals surface area (Å²) in [5, 5.41) is 16.0. The Bertz CT molecular complexity index is 559. The minimum atomic E-state index is -1.20. The molecule has 0 saturated carbocycles. The van der Waals surface area contributed by atoms with Crippen LogP contribution in [0.1, 0.15) is 18.5 Å². The number of aliphatic carboxylic acids is 1. The van der Waals surface area contributed by atoms with Crippen LogP contribution in [0.4, 0.5) is 0 Å². The van der Waals surface area contributed by atoms with Crippen LogP contribution < -0.4 is 16.0 Å². The Morgan fingerprint density at radius 1 is 1.00 bits per heavy atom. The van der Waals surface area contributed by atoms with Crippen LogP contribution in [0.5, 0.6) is 0 Å². The first-order valence-electron chi connectivity index (χ1n) is 6.48. The van der Waals surface area contributed by atoms with Crippen LogP contribution in [0.15, 0.2) is 30.3 Å². The molecule has 1 rings (SSSR count). The molecule has 0 bridgehead atoms. The van der Waals surface area contributed by atoms with Gasteiger partial charge in [-0.3, -0.25) is 14.4 Å². The standard InChI is InChI=1S/C14H17N3O5/c1-9(18)15-7-11(19)16-8-12(20)17-13(14(21)22)10-5-3-2-4-6-10/h2-6,13H,7-8H2,1H3,(H,15,18)(H,16,19)(H,17,20)(H,21,22). The van der Waals surface area contributed by atoms with Crippen molar-refractivity contribution in [2.45, 2.75) is 13.0 Å². The van der Waals surface area contributed by atoms with Crippen molar-refractivity contribution in [2.75, 3.05) is 13.1 Å². The summed E-state index contributed by atoms with van der Waals surface area (Å²) >= 11 is 0. The lowest BCUT2D eigenvalue weighted by atomic mass is 10.1. The first-order valence-corrected chi connectivity index (χ1v) is 6.48. The predicted octanol–water partition coefficient (Wildman–Crippen LogP) is -0.819. The molecular weight excluding hydrogens is 290 g/mol. The van der Waals surface area contributed by atoms with E-state index in [1.165, 1.54) is 6.92 Å². The molecule has 0 aliphatic heterocycles. The summed E-state index contributed by atoms with van der Waals surface area (Å²) in [4.78, 5) is 44.8. The summed E-state index contributed by atoms with van der Waals surface area (Å²) in [6.45, 7) is 0.635. The van der Waals surface area contributed by atoms with Crippen LogP contribution in [-0.2, 0) is 19.2 Å². The Balaban J connectivity index is 2.50. The molecule has 22 heavy (non-hydrogen) atoms. The molecule has 0 heterocycles. The van der Waals surface area contributed by atoms with Crippen molar-refractivity contribution < 1.29 is 24.3 Å². The number of carboxylic acid groups (broad SMARTS) is 1. The number of hydrogen-bond acceptors (Lipinski definition) is 4. The van der Waals surface area contributed by atoms with E-state index in [1.807, 2.05) is 0 Å². The predicted molar refractivity (Wildman–Crippen MR) is 76.7 cm³/mol. The number of carboxylic acids is 1. The average molecular weight is 307 g/mol. The molecule has 1 atom stereocenters. The molecule has 8 heteroatoms. The number of amides is 3. The summed E-state index contributed by atoms with van der Waals surface area (Å²) < 4.78 is 0. The van der Waals surface area contributed by atoms with Gasteiger partial charge in [0.25, 0.3) is 0 Å². The van der Waals surface area contributed by atoms with Gasteiger partial charge < -0.3 is 21.1 Å². The molecule has 0 spiro atoms. The molecule has 4 N–H and O–H groups in total. The minimum absolute atomic E-state index is 0.246. The van der Waals surface area contributed by atoms with Crippen LogP contribution in [0.3, 0.4) is 0 Å². The van der Waals surface area contributed by atoms with E-state index < -0.39 is 23.8 Å². The lowest BCUT2D eigenvalue weighted by molar-refractivity contribution is -0.142. The fraction of sp³-hybridized carbons (Fsp3) is 0.286. The first kappa shape index (κ1) is 17.2. The van der Waals surface area contributed by atoms with Crippen molar-refractivity contribution in [1.29, 1.82) is 0 Å². The second-order valence-corrected chi connectivity index (χ2v) is 4.44. The molecule has 1 unspecified atom stereocenters. The summed E-state index contributed by atoms with van der Waals surface area (Å²) in [7, 11) is 0. The van der Waals surface area contributed by atoms with E-state index in [2.05, 4.69) is 16.0 Å². The van der Waals surface area contributed by atoms with E-state index in [-0.39, 0.29) is 19.0 Å². The van der Waals surface area contributed by atoms with E-state index in [9.17, 15) is 19.2 Å². The van der Waals surface area contributed by atoms with Gasteiger partial charge >= 0.3 is 5.97 Å². The zero-order valence-corrected chi connectivity index (χ0v) is 12.0. The van der Waals surface area contributed by atoms with E-state index >= 15 is 0 Å². The molecule has 118 valence electrons. The Hall–Kier alpha value is -2.90. The Labute approximate surface area is 126 Å². The van der Waals surface area contributed by atoms with Crippen molar-refractivity contribution in [3.63, 3.8) is 0 Å². The molecule has 0 fully saturated rings. The van der Waals surface area contributed by atoms with Crippen molar-refractivity contribution >= 4 is 23.7 Å². The van der Waals surface area contributed by atoms with Gasteiger partial charge in [-0.05, 0) is 5.56 Å². The molecule has 0 saturated heterocycles. The van der Waals surface area contributed by atoms with Gasteiger partial charge in [0.05, 0.1) is 13.1 Å². The van der Waals surface area contributed by atoms with Crippen LogP contribution in [0, 0.1) is 0 Å². The smallest absolute Gasteiger partial charge is 0.330 e. The molecule has 0 radical (unpaired) electrons.